The van der Waals surface area contributed by atoms with Crippen LogP contribution >= 0.6 is 0 Å². The van der Waals surface area contributed by atoms with Crippen LogP contribution in [0, 0.1) is 13.8 Å². The van der Waals surface area contributed by atoms with Gasteiger partial charge in [0.2, 0.25) is 11.8 Å². The average molecular weight is 462 g/mol. The van der Waals surface area contributed by atoms with Crippen molar-refractivity contribution >= 4 is 17.9 Å². The van der Waals surface area contributed by atoms with Crippen molar-refractivity contribution in [1.29, 1.82) is 0 Å². The van der Waals surface area contributed by atoms with Crippen LogP contribution in [0.4, 0.5) is 4.79 Å². The summed E-state index contributed by atoms with van der Waals surface area (Å²) in [6, 6.07) is 4.01. The number of carbonyl (C=O) groups is 3. The van der Waals surface area contributed by atoms with Crippen molar-refractivity contribution in [3.05, 3.63) is 34.9 Å². The molecule has 7 nitrogen and oxygen atoms in total. The molecule has 2 N–H and O–H groups in total. The van der Waals surface area contributed by atoms with Gasteiger partial charge < -0.3 is 20.3 Å². The van der Waals surface area contributed by atoms with E-state index in [-0.39, 0.29) is 17.9 Å². The van der Waals surface area contributed by atoms with Gasteiger partial charge in [-0.15, -0.1) is 0 Å². The molecule has 3 amide bonds. The highest BCUT2D eigenvalue weighted by Crippen LogP contribution is 2.35. The van der Waals surface area contributed by atoms with Gasteiger partial charge in [-0.2, -0.15) is 0 Å². The van der Waals surface area contributed by atoms with Crippen molar-refractivity contribution in [2.24, 2.45) is 0 Å². The molecule has 33 heavy (non-hydrogen) atoms. The molecule has 0 spiro atoms. The van der Waals surface area contributed by atoms with Gasteiger partial charge in [0.05, 0.1) is 0 Å². The summed E-state index contributed by atoms with van der Waals surface area (Å²) in [5, 5.41) is 5.64. The minimum absolute atomic E-state index is 0.0941. The first kappa shape index (κ1) is 28.5. The van der Waals surface area contributed by atoms with Crippen molar-refractivity contribution < 1.29 is 19.1 Å². The Hall–Kier alpha value is -2.57. The molecule has 186 valence electrons. The quantitative estimate of drug-likeness (QED) is 0.582. The van der Waals surface area contributed by atoms with Gasteiger partial charge in [0, 0.05) is 11.6 Å². The number of alkyl carbamates (subject to hydrolysis) is 1. The molecule has 0 heterocycles. The third kappa shape index (κ3) is 7.76. The predicted octanol–water partition coefficient (Wildman–Crippen LogP) is 4.80. The molecule has 0 saturated carbocycles. The zero-order valence-electron chi connectivity index (χ0n) is 22.3. The maximum atomic E-state index is 13.9. The number of aryl methyl sites for hydroxylation is 2. The molecule has 0 aromatic heterocycles. The summed E-state index contributed by atoms with van der Waals surface area (Å²) in [5.41, 5.74) is 1.31. The summed E-state index contributed by atoms with van der Waals surface area (Å²) in [7, 11) is 0. The number of hydrogen-bond donors (Lipinski definition) is 2. The molecule has 0 radical (unpaired) electrons. The SMILES string of the molecule is CCC(C)(C)N(C(=O)C(C)NC(=O)OC(C)(C)C)C(C(=O)NC(C)C)c1c(C)cccc1C. The fraction of sp³-hybridized carbons (Fsp3) is 0.654. The molecule has 1 rings (SSSR count). The van der Waals surface area contributed by atoms with E-state index >= 15 is 0 Å². The zero-order valence-corrected chi connectivity index (χ0v) is 22.3. The molecule has 2 unspecified atom stereocenters. The van der Waals surface area contributed by atoms with E-state index < -0.39 is 29.3 Å². The van der Waals surface area contributed by atoms with Crippen molar-refractivity contribution in [3.63, 3.8) is 0 Å². The lowest BCUT2D eigenvalue weighted by Crippen LogP contribution is -2.59. The largest absolute Gasteiger partial charge is 0.444 e. The van der Waals surface area contributed by atoms with Crippen LogP contribution in [0.5, 0.6) is 0 Å². The summed E-state index contributed by atoms with van der Waals surface area (Å²) >= 11 is 0. The van der Waals surface area contributed by atoms with Crippen molar-refractivity contribution in [1.82, 2.24) is 15.5 Å². The number of rotatable bonds is 8. The monoisotopic (exact) mass is 461 g/mol. The van der Waals surface area contributed by atoms with Crippen molar-refractivity contribution in [3.8, 4) is 0 Å². The molecule has 0 fully saturated rings. The average Bonchev–Trinajstić information content (AvgIpc) is 2.64. The number of hydrogen-bond acceptors (Lipinski definition) is 4. The lowest BCUT2D eigenvalue weighted by atomic mass is 9.88. The maximum absolute atomic E-state index is 13.9. The Morgan fingerprint density at radius 2 is 1.48 bits per heavy atom. The van der Waals surface area contributed by atoms with Crippen LogP contribution in [-0.2, 0) is 14.3 Å². The van der Waals surface area contributed by atoms with Crippen LogP contribution < -0.4 is 10.6 Å². The summed E-state index contributed by atoms with van der Waals surface area (Å²) in [6.45, 7) is 20.4. The standard InChI is InChI=1S/C26H43N3O4/c1-12-26(10,11)29(23(31)19(6)28-24(32)33-25(7,8)9)21(22(30)27-16(2)3)20-17(4)14-13-15-18(20)5/h13-16,19,21H,12H2,1-11H3,(H,27,30)(H,28,32). The van der Waals surface area contributed by atoms with E-state index in [9.17, 15) is 14.4 Å². The molecule has 0 aliphatic rings. The summed E-state index contributed by atoms with van der Waals surface area (Å²) in [5.74, 6) is -0.596. The van der Waals surface area contributed by atoms with Gasteiger partial charge in [-0.05, 0) is 92.3 Å². The Balaban J connectivity index is 3.57. The number of amides is 3. The second-order valence-electron chi connectivity index (χ2n) is 10.6. The fourth-order valence-electron chi connectivity index (χ4n) is 3.70. The van der Waals surface area contributed by atoms with Crippen LogP contribution in [0.25, 0.3) is 0 Å². The van der Waals surface area contributed by atoms with E-state index in [1.807, 2.05) is 66.7 Å². The Kier molecular flexibility index (Phi) is 9.52. The topological polar surface area (TPSA) is 87.7 Å². The van der Waals surface area contributed by atoms with Crippen molar-refractivity contribution in [2.75, 3.05) is 0 Å². The van der Waals surface area contributed by atoms with Gasteiger partial charge in [-0.1, -0.05) is 25.1 Å². The molecule has 1 aromatic rings. The summed E-state index contributed by atoms with van der Waals surface area (Å²) in [4.78, 5) is 41.4. The van der Waals surface area contributed by atoms with Crippen LogP contribution in [0.1, 0.15) is 91.5 Å². The van der Waals surface area contributed by atoms with Gasteiger partial charge in [-0.3, -0.25) is 9.59 Å². The first-order valence-corrected chi connectivity index (χ1v) is 11.7. The van der Waals surface area contributed by atoms with Gasteiger partial charge in [0.15, 0.2) is 0 Å². The van der Waals surface area contributed by atoms with E-state index in [2.05, 4.69) is 10.6 Å². The van der Waals surface area contributed by atoms with Crippen LogP contribution in [0.15, 0.2) is 18.2 Å². The molecule has 7 heteroatoms. The highest BCUT2D eigenvalue weighted by atomic mass is 16.6. The zero-order chi connectivity index (χ0) is 25.7. The maximum Gasteiger partial charge on any atom is 0.408 e. The Morgan fingerprint density at radius 1 is 0.970 bits per heavy atom. The van der Waals surface area contributed by atoms with E-state index in [1.54, 1.807) is 32.6 Å². The number of benzene rings is 1. The third-order valence-electron chi connectivity index (χ3n) is 5.61. The highest BCUT2D eigenvalue weighted by Gasteiger charge is 2.43. The van der Waals surface area contributed by atoms with Gasteiger partial charge in [0.25, 0.3) is 0 Å². The molecular weight excluding hydrogens is 418 g/mol. The first-order chi connectivity index (χ1) is 15.0. The predicted molar refractivity (Wildman–Crippen MR) is 132 cm³/mol. The molecular formula is C26H43N3O4. The first-order valence-electron chi connectivity index (χ1n) is 11.7. The second kappa shape index (κ2) is 11.0. The number of carbonyl (C=O) groups excluding carboxylic acids is 3. The highest BCUT2D eigenvalue weighted by molar-refractivity contribution is 5.93. The normalized spacial score (nSPS) is 13.8. The number of nitrogens with zero attached hydrogens (tertiary/aromatic N) is 1. The lowest BCUT2D eigenvalue weighted by Gasteiger charge is -2.45. The fourth-order valence-corrected chi connectivity index (χ4v) is 3.70. The third-order valence-corrected chi connectivity index (χ3v) is 5.61. The smallest absolute Gasteiger partial charge is 0.408 e. The summed E-state index contributed by atoms with van der Waals surface area (Å²) < 4.78 is 5.33. The molecule has 0 bridgehead atoms. The minimum Gasteiger partial charge on any atom is -0.444 e. The van der Waals surface area contributed by atoms with E-state index in [4.69, 9.17) is 4.74 Å². The van der Waals surface area contributed by atoms with Gasteiger partial charge >= 0.3 is 6.09 Å². The second-order valence-corrected chi connectivity index (χ2v) is 10.6. The minimum atomic E-state index is -0.885. The Morgan fingerprint density at radius 3 is 1.91 bits per heavy atom. The van der Waals surface area contributed by atoms with E-state index in [0.717, 1.165) is 16.7 Å². The van der Waals surface area contributed by atoms with Gasteiger partial charge in [0.1, 0.15) is 17.7 Å². The van der Waals surface area contributed by atoms with Crippen LogP contribution in [0.3, 0.4) is 0 Å². The molecule has 0 saturated heterocycles. The van der Waals surface area contributed by atoms with E-state index in [1.165, 1.54) is 0 Å². The van der Waals surface area contributed by atoms with Crippen molar-refractivity contribution in [2.45, 2.75) is 112 Å². The Bertz CT molecular complexity index is 835. The van der Waals surface area contributed by atoms with Crippen LogP contribution in [-0.4, -0.2) is 46.0 Å². The molecule has 0 aliphatic carbocycles. The summed E-state index contributed by atoms with van der Waals surface area (Å²) in [6.07, 6.45) is -0.0539. The van der Waals surface area contributed by atoms with Crippen LogP contribution in [0.2, 0.25) is 0 Å². The van der Waals surface area contributed by atoms with E-state index in [0.29, 0.717) is 6.42 Å². The lowest BCUT2D eigenvalue weighted by molar-refractivity contribution is -0.149. The Labute approximate surface area is 199 Å². The molecule has 1 aromatic carbocycles. The molecule has 2 atom stereocenters. The number of nitrogens with one attached hydrogen (secondary N) is 2. The molecule has 0 aliphatic heterocycles. The number of ether oxygens (including phenoxy) is 1. The van der Waals surface area contributed by atoms with Gasteiger partial charge in [-0.25, -0.2) is 4.79 Å².